The third-order valence-electron chi connectivity index (χ3n) is 4.63. The molecule has 2 aromatic rings. The Morgan fingerprint density at radius 2 is 2.12 bits per heavy atom. The Labute approximate surface area is 171 Å². The van der Waals surface area contributed by atoms with Crippen LogP contribution in [0.1, 0.15) is 31.2 Å². The van der Waals surface area contributed by atoms with E-state index in [-0.39, 0.29) is 30.7 Å². The maximum atomic E-state index is 12.6. The summed E-state index contributed by atoms with van der Waals surface area (Å²) >= 11 is 1.61. The lowest BCUT2D eigenvalue weighted by Crippen LogP contribution is -2.41. The topological polar surface area (TPSA) is 58.4 Å². The van der Waals surface area contributed by atoms with E-state index in [1.165, 1.54) is 0 Å². The Bertz CT molecular complexity index is 668. The molecule has 0 aromatic carbocycles. The van der Waals surface area contributed by atoms with Gasteiger partial charge in [0, 0.05) is 24.0 Å². The molecule has 2 aromatic heterocycles. The van der Waals surface area contributed by atoms with Crippen LogP contribution in [0.15, 0.2) is 21.2 Å². The van der Waals surface area contributed by atoms with Gasteiger partial charge in [-0.25, -0.2) is 4.98 Å². The van der Waals surface area contributed by atoms with Crippen LogP contribution in [0.2, 0.25) is 0 Å². The normalized spacial score (nSPS) is 14.6. The molecule has 1 N–H and O–H groups in total. The second-order valence-corrected chi connectivity index (χ2v) is 7.12. The molecular weight excluding hydrogens is 393 g/mol. The summed E-state index contributed by atoms with van der Waals surface area (Å²) in [7, 11) is 0. The van der Waals surface area contributed by atoms with Crippen molar-refractivity contribution in [2.24, 2.45) is 5.92 Å². The molecule has 146 valence electrons. The molecule has 0 radical (unpaired) electrons. The molecule has 0 saturated carbocycles. The predicted molar refractivity (Wildman–Crippen MR) is 111 cm³/mol. The second-order valence-electron chi connectivity index (χ2n) is 6.34. The summed E-state index contributed by atoms with van der Waals surface area (Å²) < 4.78 is 5.73. The van der Waals surface area contributed by atoms with Crippen molar-refractivity contribution in [1.29, 1.82) is 0 Å². The summed E-state index contributed by atoms with van der Waals surface area (Å²) in [5.41, 5.74) is 1.74. The monoisotopic (exact) mass is 419 g/mol. The Morgan fingerprint density at radius 3 is 2.73 bits per heavy atom. The van der Waals surface area contributed by atoms with Gasteiger partial charge in [0.1, 0.15) is 5.76 Å². The molecule has 3 heterocycles. The molecule has 5 nitrogen and oxygen atoms in total. The Balaban J connectivity index is 0.00000169. The predicted octanol–water partition coefficient (Wildman–Crippen LogP) is 3.95. The maximum Gasteiger partial charge on any atom is 0.228 e. The van der Waals surface area contributed by atoms with Crippen LogP contribution >= 0.6 is 36.2 Å². The third kappa shape index (κ3) is 5.71. The van der Waals surface area contributed by atoms with E-state index in [2.05, 4.69) is 17.2 Å². The molecule has 0 unspecified atom stereocenters. The summed E-state index contributed by atoms with van der Waals surface area (Å²) in [5, 5.41) is 7.40. The van der Waals surface area contributed by atoms with Gasteiger partial charge >= 0.3 is 0 Å². The second kappa shape index (κ2) is 10.9. The number of thiophene rings is 1. The smallest absolute Gasteiger partial charge is 0.228 e. The van der Waals surface area contributed by atoms with Crippen molar-refractivity contribution in [1.82, 2.24) is 15.2 Å². The minimum absolute atomic E-state index is 0. The summed E-state index contributed by atoms with van der Waals surface area (Å²) in [6.07, 6.45) is 2.49. The average molecular weight is 420 g/mol. The number of carbonyl (C=O) groups is 1. The Hall–Kier alpha value is -1.08. The van der Waals surface area contributed by atoms with Crippen LogP contribution in [-0.4, -0.2) is 42.0 Å². The Morgan fingerprint density at radius 1 is 1.38 bits per heavy atom. The standard InChI is InChI=1S/C18H25N3O2S.2ClH/c1-3-19-11-14-4-7-21(8-5-14)17(22)10-16-13(2)23-18(20-16)15-6-9-24-12-15;;/h6,9,12,14,19H,3-5,7-8,10-11H2,1-2H3;2*1H. The molecule has 0 spiro atoms. The van der Waals surface area contributed by atoms with E-state index in [9.17, 15) is 4.79 Å². The van der Waals surface area contributed by atoms with Crippen molar-refractivity contribution in [3.05, 3.63) is 28.3 Å². The number of hydrogen-bond donors (Lipinski definition) is 1. The number of likely N-dealkylation sites (tertiary alicyclic amines) is 1. The lowest BCUT2D eigenvalue weighted by atomic mass is 9.96. The zero-order valence-corrected chi connectivity index (χ0v) is 17.6. The first-order chi connectivity index (χ1) is 11.7. The van der Waals surface area contributed by atoms with Crippen molar-refractivity contribution in [2.45, 2.75) is 33.1 Å². The number of rotatable bonds is 6. The number of halogens is 2. The van der Waals surface area contributed by atoms with Crippen molar-refractivity contribution < 1.29 is 9.21 Å². The molecule has 0 aliphatic carbocycles. The maximum absolute atomic E-state index is 12.6. The van der Waals surface area contributed by atoms with E-state index in [4.69, 9.17) is 4.42 Å². The average Bonchev–Trinajstić information content (AvgIpc) is 3.24. The number of piperidine rings is 1. The molecule has 26 heavy (non-hydrogen) atoms. The fraction of sp³-hybridized carbons (Fsp3) is 0.556. The highest BCUT2D eigenvalue weighted by Gasteiger charge is 2.24. The quantitative estimate of drug-likeness (QED) is 0.769. The molecule has 8 heteroatoms. The van der Waals surface area contributed by atoms with Gasteiger partial charge in [-0.05, 0) is 50.2 Å². The fourth-order valence-electron chi connectivity index (χ4n) is 3.09. The highest BCUT2D eigenvalue weighted by Crippen LogP contribution is 2.24. The van der Waals surface area contributed by atoms with Gasteiger partial charge in [-0.3, -0.25) is 4.79 Å². The fourth-order valence-corrected chi connectivity index (χ4v) is 3.72. The largest absolute Gasteiger partial charge is 0.441 e. The van der Waals surface area contributed by atoms with Crippen LogP contribution in [0, 0.1) is 12.8 Å². The van der Waals surface area contributed by atoms with E-state index >= 15 is 0 Å². The van der Waals surface area contributed by atoms with Crippen molar-refractivity contribution in [3.8, 4) is 11.5 Å². The lowest BCUT2D eigenvalue weighted by Gasteiger charge is -2.32. The Kier molecular flexibility index (Phi) is 9.64. The van der Waals surface area contributed by atoms with Crippen LogP contribution < -0.4 is 5.32 Å². The van der Waals surface area contributed by atoms with Gasteiger partial charge in [0.05, 0.1) is 12.1 Å². The molecule has 0 bridgehead atoms. The van der Waals surface area contributed by atoms with Gasteiger partial charge in [0.15, 0.2) is 0 Å². The first-order valence-corrected chi connectivity index (χ1v) is 9.59. The van der Waals surface area contributed by atoms with Crippen molar-refractivity contribution in [2.75, 3.05) is 26.2 Å². The van der Waals surface area contributed by atoms with E-state index in [1.54, 1.807) is 11.3 Å². The summed E-state index contributed by atoms with van der Waals surface area (Å²) in [6.45, 7) is 7.78. The SMILES string of the molecule is CCNCC1CCN(C(=O)Cc2nc(-c3ccsc3)oc2C)CC1.Cl.Cl. The molecule has 1 fully saturated rings. The summed E-state index contributed by atoms with van der Waals surface area (Å²) in [5.74, 6) is 2.20. The molecular formula is C18H27Cl2N3O2S. The third-order valence-corrected chi connectivity index (χ3v) is 5.31. The molecule has 0 atom stereocenters. The number of hydrogen-bond acceptors (Lipinski definition) is 5. The number of carbonyl (C=O) groups excluding carboxylic acids is 1. The van der Waals surface area contributed by atoms with Crippen LogP contribution in [0.5, 0.6) is 0 Å². The minimum atomic E-state index is 0. The van der Waals surface area contributed by atoms with Gasteiger partial charge in [-0.2, -0.15) is 11.3 Å². The van der Waals surface area contributed by atoms with E-state index in [0.717, 1.165) is 56.0 Å². The van der Waals surface area contributed by atoms with Crippen LogP contribution in [-0.2, 0) is 11.2 Å². The van der Waals surface area contributed by atoms with E-state index in [1.807, 2.05) is 28.7 Å². The summed E-state index contributed by atoms with van der Waals surface area (Å²) in [6, 6.07) is 1.98. The van der Waals surface area contributed by atoms with Gasteiger partial charge in [-0.1, -0.05) is 6.92 Å². The number of aromatic nitrogens is 1. The van der Waals surface area contributed by atoms with Gasteiger partial charge < -0.3 is 14.6 Å². The number of nitrogens with one attached hydrogen (secondary N) is 1. The van der Waals surface area contributed by atoms with Gasteiger partial charge in [0.25, 0.3) is 0 Å². The van der Waals surface area contributed by atoms with Crippen LogP contribution in [0.4, 0.5) is 0 Å². The van der Waals surface area contributed by atoms with Gasteiger partial charge in [0.2, 0.25) is 11.8 Å². The lowest BCUT2D eigenvalue weighted by molar-refractivity contribution is -0.131. The highest BCUT2D eigenvalue weighted by atomic mass is 35.5. The van der Waals surface area contributed by atoms with E-state index in [0.29, 0.717) is 18.2 Å². The number of nitrogens with zero attached hydrogens (tertiary/aromatic N) is 2. The highest BCUT2D eigenvalue weighted by molar-refractivity contribution is 7.08. The zero-order chi connectivity index (χ0) is 16.9. The number of aryl methyl sites for hydroxylation is 1. The van der Waals surface area contributed by atoms with Crippen LogP contribution in [0.25, 0.3) is 11.5 Å². The van der Waals surface area contributed by atoms with Gasteiger partial charge in [-0.15, -0.1) is 24.8 Å². The van der Waals surface area contributed by atoms with E-state index < -0.39 is 0 Å². The first-order valence-electron chi connectivity index (χ1n) is 8.64. The minimum Gasteiger partial charge on any atom is -0.441 e. The molecule has 1 aliphatic heterocycles. The van der Waals surface area contributed by atoms with Crippen LogP contribution in [0.3, 0.4) is 0 Å². The molecule has 1 saturated heterocycles. The molecule has 1 amide bonds. The van der Waals surface area contributed by atoms with Crippen molar-refractivity contribution in [3.63, 3.8) is 0 Å². The number of oxazole rings is 1. The molecule has 1 aliphatic rings. The van der Waals surface area contributed by atoms with Crippen molar-refractivity contribution >= 4 is 42.1 Å². The number of amides is 1. The molecule has 3 rings (SSSR count). The zero-order valence-electron chi connectivity index (χ0n) is 15.2. The summed E-state index contributed by atoms with van der Waals surface area (Å²) in [4.78, 5) is 19.1. The first kappa shape index (κ1) is 23.0.